The van der Waals surface area contributed by atoms with E-state index in [0.29, 0.717) is 13.0 Å². The maximum absolute atomic E-state index is 11.3. The molecule has 5 nitrogen and oxygen atoms in total. The van der Waals surface area contributed by atoms with E-state index in [4.69, 9.17) is 10.5 Å². The second-order valence-electron chi connectivity index (χ2n) is 5.14. The molecule has 1 amide bonds. The van der Waals surface area contributed by atoms with Crippen molar-refractivity contribution in [3.63, 3.8) is 0 Å². The van der Waals surface area contributed by atoms with Gasteiger partial charge in [-0.3, -0.25) is 4.79 Å². The Labute approximate surface area is 103 Å². The van der Waals surface area contributed by atoms with Crippen LogP contribution in [0.15, 0.2) is 0 Å². The zero-order valence-electron chi connectivity index (χ0n) is 11.2. The van der Waals surface area contributed by atoms with Crippen LogP contribution in [0.1, 0.15) is 47.0 Å². The van der Waals surface area contributed by atoms with Crippen LogP contribution in [0.2, 0.25) is 0 Å². The summed E-state index contributed by atoms with van der Waals surface area (Å²) in [6.45, 7) is 7.48. The summed E-state index contributed by atoms with van der Waals surface area (Å²) in [4.78, 5) is 22.1. The Morgan fingerprint density at radius 1 is 1.29 bits per heavy atom. The number of ketones is 1. The van der Waals surface area contributed by atoms with E-state index in [1.165, 1.54) is 6.92 Å². The van der Waals surface area contributed by atoms with Gasteiger partial charge in [-0.1, -0.05) is 0 Å². The lowest BCUT2D eigenvalue weighted by Crippen LogP contribution is -2.33. The van der Waals surface area contributed by atoms with Crippen LogP contribution in [0.5, 0.6) is 0 Å². The van der Waals surface area contributed by atoms with Gasteiger partial charge in [0.15, 0.2) is 0 Å². The molecule has 5 heteroatoms. The highest BCUT2D eigenvalue weighted by atomic mass is 16.6. The number of hydrogen-bond donors (Lipinski definition) is 2. The highest BCUT2D eigenvalue weighted by molar-refractivity contribution is 5.81. The van der Waals surface area contributed by atoms with Gasteiger partial charge in [-0.05, 0) is 47.0 Å². The number of nitrogens with two attached hydrogens (primary N) is 1. The third-order valence-corrected chi connectivity index (χ3v) is 2.13. The summed E-state index contributed by atoms with van der Waals surface area (Å²) in [6.07, 6.45) is 1.86. The van der Waals surface area contributed by atoms with Gasteiger partial charge >= 0.3 is 6.09 Å². The third-order valence-electron chi connectivity index (χ3n) is 2.13. The van der Waals surface area contributed by atoms with Crippen molar-refractivity contribution in [2.45, 2.75) is 58.6 Å². The Hall–Kier alpha value is -1.10. The molecular weight excluding hydrogens is 220 g/mol. The Balaban J connectivity index is 3.52. The Morgan fingerprint density at radius 3 is 2.35 bits per heavy atom. The van der Waals surface area contributed by atoms with Gasteiger partial charge in [0.2, 0.25) is 0 Å². The van der Waals surface area contributed by atoms with E-state index in [-0.39, 0.29) is 11.8 Å². The van der Waals surface area contributed by atoms with Gasteiger partial charge in [-0.2, -0.15) is 0 Å². The lowest BCUT2D eigenvalue weighted by Gasteiger charge is -2.19. The molecule has 0 aliphatic carbocycles. The summed E-state index contributed by atoms with van der Waals surface area (Å²) < 4.78 is 5.07. The van der Waals surface area contributed by atoms with Crippen LogP contribution in [0, 0.1) is 0 Å². The molecule has 17 heavy (non-hydrogen) atoms. The highest BCUT2D eigenvalue weighted by Crippen LogP contribution is 2.06. The maximum Gasteiger partial charge on any atom is 0.407 e. The van der Waals surface area contributed by atoms with Crippen LogP contribution in [0.4, 0.5) is 4.79 Å². The van der Waals surface area contributed by atoms with E-state index in [9.17, 15) is 9.59 Å². The van der Waals surface area contributed by atoms with Crippen molar-refractivity contribution in [2.75, 3.05) is 6.54 Å². The lowest BCUT2D eigenvalue weighted by molar-refractivity contribution is -0.118. The SMILES string of the molecule is CC(=O)[C@@H](N)CCCCNC(=O)OC(C)(C)C. The fourth-order valence-electron chi connectivity index (χ4n) is 1.20. The first-order valence-corrected chi connectivity index (χ1v) is 5.95. The molecule has 0 aromatic carbocycles. The highest BCUT2D eigenvalue weighted by Gasteiger charge is 2.15. The van der Waals surface area contributed by atoms with E-state index in [2.05, 4.69) is 5.32 Å². The molecular formula is C12H24N2O3. The number of carbonyl (C=O) groups is 2. The standard InChI is InChI=1S/C12H24N2O3/c1-9(15)10(13)7-5-6-8-14-11(16)17-12(2,3)4/h10H,5-8,13H2,1-4H3,(H,14,16)/t10-/m0/s1. The lowest BCUT2D eigenvalue weighted by atomic mass is 10.1. The van der Waals surface area contributed by atoms with Crippen molar-refractivity contribution in [3.05, 3.63) is 0 Å². The first-order valence-electron chi connectivity index (χ1n) is 5.95. The van der Waals surface area contributed by atoms with Crippen molar-refractivity contribution in [1.29, 1.82) is 0 Å². The van der Waals surface area contributed by atoms with Crippen LogP contribution in [0.25, 0.3) is 0 Å². The van der Waals surface area contributed by atoms with Gasteiger partial charge in [-0.15, -0.1) is 0 Å². The monoisotopic (exact) mass is 244 g/mol. The minimum absolute atomic E-state index is 0.00472. The minimum Gasteiger partial charge on any atom is -0.444 e. The van der Waals surface area contributed by atoms with E-state index >= 15 is 0 Å². The zero-order chi connectivity index (χ0) is 13.5. The molecule has 0 aliphatic heterocycles. The molecule has 0 radical (unpaired) electrons. The number of nitrogens with one attached hydrogen (secondary N) is 1. The molecule has 100 valence electrons. The number of ether oxygens (including phenoxy) is 1. The molecule has 3 N–H and O–H groups in total. The molecule has 0 unspecified atom stereocenters. The van der Waals surface area contributed by atoms with Crippen molar-refractivity contribution < 1.29 is 14.3 Å². The van der Waals surface area contributed by atoms with Crippen molar-refractivity contribution in [3.8, 4) is 0 Å². The van der Waals surface area contributed by atoms with Gasteiger partial charge in [0.25, 0.3) is 0 Å². The fraction of sp³-hybridized carbons (Fsp3) is 0.833. The molecule has 0 saturated carbocycles. The average molecular weight is 244 g/mol. The molecule has 1 atom stereocenters. The average Bonchev–Trinajstić information content (AvgIpc) is 2.13. The van der Waals surface area contributed by atoms with Crippen LogP contribution >= 0.6 is 0 Å². The molecule has 0 fully saturated rings. The molecule has 0 aromatic heterocycles. The fourth-order valence-corrected chi connectivity index (χ4v) is 1.20. The molecule has 0 heterocycles. The summed E-state index contributed by atoms with van der Waals surface area (Å²) >= 11 is 0. The van der Waals surface area contributed by atoms with Gasteiger partial charge in [0, 0.05) is 6.54 Å². The topological polar surface area (TPSA) is 81.4 Å². The molecule has 0 spiro atoms. The largest absolute Gasteiger partial charge is 0.444 e. The summed E-state index contributed by atoms with van der Waals surface area (Å²) in [5.41, 5.74) is 5.11. The molecule has 0 bridgehead atoms. The molecule has 0 saturated heterocycles. The van der Waals surface area contributed by atoms with Crippen LogP contribution in [-0.4, -0.2) is 30.1 Å². The summed E-state index contributed by atoms with van der Waals surface area (Å²) in [6, 6.07) is -0.378. The smallest absolute Gasteiger partial charge is 0.407 e. The predicted molar refractivity (Wildman–Crippen MR) is 66.7 cm³/mol. The summed E-state index contributed by atoms with van der Waals surface area (Å²) in [5, 5.41) is 2.66. The normalized spacial score (nSPS) is 13.0. The number of Topliss-reactive ketones (excluding diaryl/α,β-unsaturated/α-hetero) is 1. The Morgan fingerprint density at radius 2 is 1.88 bits per heavy atom. The van der Waals surface area contributed by atoms with Crippen molar-refractivity contribution in [2.24, 2.45) is 5.73 Å². The Kier molecular flexibility index (Phi) is 6.80. The zero-order valence-corrected chi connectivity index (χ0v) is 11.2. The van der Waals surface area contributed by atoms with Crippen LogP contribution in [-0.2, 0) is 9.53 Å². The van der Waals surface area contributed by atoms with E-state index in [0.717, 1.165) is 12.8 Å². The van der Waals surface area contributed by atoms with Gasteiger partial charge < -0.3 is 15.8 Å². The molecule has 0 aromatic rings. The first-order chi connectivity index (χ1) is 7.72. The van der Waals surface area contributed by atoms with Crippen LogP contribution in [0.3, 0.4) is 0 Å². The number of alkyl carbamates (subject to hydrolysis) is 1. The second-order valence-corrected chi connectivity index (χ2v) is 5.14. The number of hydrogen-bond acceptors (Lipinski definition) is 4. The summed E-state index contributed by atoms with van der Waals surface area (Å²) in [7, 11) is 0. The first kappa shape index (κ1) is 15.9. The molecule has 0 aliphatic rings. The number of rotatable bonds is 6. The second kappa shape index (κ2) is 7.27. The van der Waals surface area contributed by atoms with Crippen molar-refractivity contribution in [1.82, 2.24) is 5.32 Å². The van der Waals surface area contributed by atoms with E-state index < -0.39 is 11.7 Å². The van der Waals surface area contributed by atoms with Gasteiger partial charge in [0.1, 0.15) is 11.4 Å². The van der Waals surface area contributed by atoms with E-state index in [1.54, 1.807) is 0 Å². The number of amides is 1. The molecule has 0 rings (SSSR count). The third kappa shape index (κ3) is 9.81. The van der Waals surface area contributed by atoms with Crippen LogP contribution < -0.4 is 11.1 Å². The van der Waals surface area contributed by atoms with E-state index in [1.807, 2.05) is 20.8 Å². The van der Waals surface area contributed by atoms with Gasteiger partial charge in [-0.25, -0.2) is 4.79 Å². The maximum atomic E-state index is 11.3. The van der Waals surface area contributed by atoms with Gasteiger partial charge in [0.05, 0.1) is 6.04 Å². The summed E-state index contributed by atoms with van der Waals surface area (Å²) in [5.74, 6) is 0.00472. The minimum atomic E-state index is -0.471. The Bertz CT molecular complexity index is 259. The quantitative estimate of drug-likeness (QED) is 0.695. The number of unbranched alkanes of at least 4 members (excludes halogenated alkanes) is 1. The number of carbonyl (C=O) groups excluding carboxylic acids is 2. The van der Waals surface area contributed by atoms with Crippen molar-refractivity contribution >= 4 is 11.9 Å². The predicted octanol–water partition coefficient (Wildman–Crippen LogP) is 1.60.